The molecule has 1 unspecified atom stereocenters. The molecule has 0 bridgehead atoms. The molecule has 0 fully saturated rings. The van der Waals surface area contributed by atoms with Gasteiger partial charge in [0.05, 0.1) is 0 Å². The first-order chi connectivity index (χ1) is 7.13. The molecular formula is C12H16N2O. The number of nitrogens with zero attached hydrogens (tertiary/aromatic N) is 1. The van der Waals surface area contributed by atoms with Gasteiger partial charge in [-0.2, -0.15) is 0 Å². The molecule has 2 N–H and O–H groups in total. The Hall–Kier alpha value is -1.35. The van der Waals surface area contributed by atoms with Crippen LogP contribution in [-0.2, 0) is 11.2 Å². The molecule has 1 aromatic rings. The van der Waals surface area contributed by atoms with E-state index in [9.17, 15) is 4.79 Å². The molecular weight excluding hydrogens is 188 g/mol. The molecule has 80 valence electrons. The van der Waals surface area contributed by atoms with E-state index in [0.29, 0.717) is 6.42 Å². The molecule has 1 aliphatic rings. The fourth-order valence-electron chi connectivity index (χ4n) is 2.00. The molecule has 0 aromatic heterocycles. The molecule has 0 saturated heterocycles. The van der Waals surface area contributed by atoms with E-state index >= 15 is 0 Å². The van der Waals surface area contributed by atoms with Crippen molar-refractivity contribution in [3.05, 3.63) is 29.3 Å². The topological polar surface area (TPSA) is 46.3 Å². The number of anilines is 1. The maximum Gasteiger partial charge on any atom is 0.228 e. The summed E-state index contributed by atoms with van der Waals surface area (Å²) in [6.45, 7) is 2.12. The largest absolute Gasteiger partial charge is 0.323 e. The van der Waals surface area contributed by atoms with Crippen LogP contribution in [0.1, 0.15) is 30.5 Å². The van der Waals surface area contributed by atoms with Crippen molar-refractivity contribution in [1.82, 2.24) is 0 Å². The Balaban J connectivity index is 2.50. The third-order valence-corrected chi connectivity index (χ3v) is 3.03. The van der Waals surface area contributed by atoms with Gasteiger partial charge in [-0.05, 0) is 23.6 Å². The Morgan fingerprint density at radius 2 is 2.27 bits per heavy atom. The van der Waals surface area contributed by atoms with Gasteiger partial charge in [0.15, 0.2) is 0 Å². The van der Waals surface area contributed by atoms with Gasteiger partial charge < -0.3 is 10.6 Å². The van der Waals surface area contributed by atoms with E-state index in [2.05, 4.69) is 19.1 Å². The molecule has 1 aromatic carbocycles. The van der Waals surface area contributed by atoms with Gasteiger partial charge in [0.25, 0.3) is 0 Å². The molecule has 0 spiro atoms. The number of hydrogen-bond donors (Lipinski definition) is 1. The van der Waals surface area contributed by atoms with Crippen LogP contribution in [0.2, 0.25) is 0 Å². The van der Waals surface area contributed by atoms with Crippen LogP contribution in [0.25, 0.3) is 0 Å². The van der Waals surface area contributed by atoms with Gasteiger partial charge in [0.1, 0.15) is 0 Å². The number of rotatable bonds is 1. The van der Waals surface area contributed by atoms with Gasteiger partial charge in [-0.15, -0.1) is 0 Å². The third kappa shape index (κ3) is 1.63. The molecule has 1 atom stereocenters. The van der Waals surface area contributed by atoms with Crippen molar-refractivity contribution in [2.75, 3.05) is 11.9 Å². The van der Waals surface area contributed by atoms with E-state index in [1.165, 1.54) is 5.56 Å². The van der Waals surface area contributed by atoms with Crippen molar-refractivity contribution >= 4 is 11.6 Å². The van der Waals surface area contributed by atoms with E-state index < -0.39 is 0 Å². The molecule has 0 aliphatic carbocycles. The molecule has 2 rings (SSSR count). The summed E-state index contributed by atoms with van der Waals surface area (Å²) in [6, 6.07) is 6.02. The first kappa shape index (κ1) is 10.2. The SMILES string of the molecule is CCc1ccc2c(c1)C(N)CC(=O)N2C. The van der Waals surface area contributed by atoms with Crippen LogP contribution < -0.4 is 10.6 Å². The number of amides is 1. The van der Waals surface area contributed by atoms with Gasteiger partial charge in [0.2, 0.25) is 5.91 Å². The van der Waals surface area contributed by atoms with E-state index in [0.717, 1.165) is 17.7 Å². The van der Waals surface area contributed by atoms with Crippen molar-refractivity contribution in [2.45, 2.75) is 25.8 Å². The minimum absolute atomic E-state index is 0.0965. The highest BCUT2D eigenvalue weighted by Crippen LogP contribution is 2.32. The standard InChI is InChI=1S/C12H16N2O/c1-3-8-4-5-11-9(6-8)10(13)7-12(15)14(11)2/h4-6,10H,3,7,13H2,1-2H3. The van der Waals surface area contributed by atoms with Crippen molar-refractivity contribution in [1.29, 1.82) is 0 Å². The molecule has 3 nitrogen and oxygen atoms in total. The summed E-state index contributed by atoms with van der Waals surface area (Å²) in [5, 5.41) is 0. The predicted molar refractivity (Wildman–Crippen MR) is 60.8 cm³/mol. The van der Waals surface area contributed by atoms with Gasteiger partial charge in [-0.1, -0.05) is 19.1 Å². The highest BCUT2D eigenvalue weighted by atomic mass is 16.2. The zero-order chi connectivity index (χ0) is 11.0. The summed E-state index contributed by atoms with van der Waals surface area (Å²) in [6.07, 6.45) is 1.41. The second-order valence-electron chi connectivity index (χ2n) is 4.01. The number of carbonyl (C=O) groups excluding carboxylic acids is 1. The first-order valence-electron chi connectivity index (χ1n) is 5.28. The van der Waals surface area contributed by atoms with Crippen LogP contribution in [0.4, 0.5) is 5.69 Å². The Bertz CT molecular complexity index is 401. The van der Waals surface area contributed by atoms with Crippen LogP contribution in [0, 0.1) is 0 Å². The van der Waals surface area contributed by atoms with Crippen LogP contribution in [0.3, 0.4) is 0 Å². The Morgan fingerprint density at radius 3 is 2.93 bits per heavy atom. The lowest BCUT2D eigenvalue weighted by molar-refractivity contribution is -0.119. The third-order valence-electron chi connectivity index (χ3n) is 3.03. The van der Waals surface area contributed by atoms with Crippen LogP contribution in [-0.4, -0.2) is 13.0 Å². The molecule has 0 radical (unpaired) electrons. The number of aryl methyl sites for hydroxylation is 1. The first-order valence-corrected chi connectivity index (χ1v) is 5.28. The van der Waals surface area contributed by atoms with E-state index in [4.69, 9.17) is 5.73 Å². The zero-order valence-corrected chi connectivity index (χ0v) is 9.16. The quantitative estimate of drug-likeness (QED) is 0.755. The maximum atomic E-state index is 11.6. The highest BCUT2D eigenvalue weighted by Gasteiger charge is 2.26. The second kappa shape index (κ2) is 3.66. The van der Waals surface area contributed by atoms with Crippen LogP contribution in [0.5, 0.6) is 0 Å². The molecule has 1 amide bonds. The van der Waals surface area contributed by atoms with E-state index in [1.807, 2.05) is 6.07 Å². The minimum atomic E-state index is -0.143. The van der Waals surface area contributed by atoms with E-state index in [-0.39, 0.29) is 11.9 Å². The van der Waals surface area contributed by atoms with Crippen molar-refractivity contribution < 1.29 is 4.79 Å². The molecule has 3 heteroatoms. The summed E-state index contributed by atoms with van der Waals surface area (Å²) in [7, 11) is 1.80. The lowest BCUT2D eigenvalue weighted by Crippen LogP contribution is -2.35. The van der Waals surface area contributed by atoms with Crippen molar-refractivity contribution in [3.63, 3.8) is 0 Å². The second-order valence-corrected chi connectivity index (χ2v) is 4.01. The normalized spacial score (nSPS) is 20.3. The lowest BCUT2D eigenvalue weighted by atomic mass is 9.94. The van der Waals surface area contributed by atoms with Crippen LogP contribution >= 0.6 is 0 Å². The fraction of sp³-hybridized carbons (Fsp3) is 0.417. The summed E-state index contributed by atoms with van der Waals surface area (Å²) in [4.78, 5) is 13.3. The van der Waals surface area contributed by atoms with Gasteiger partial charge in [0, 0.05) is 25.2 Å². The Kier molecular flexibility index (Phi) is 2.49. The highest BCUT2D eigenvalue weighted by molar-refractivity contribution is 5.96. The lowest BCUT2D eigenvalue weighted by Gasteiger charge is -2.30. The monoisotopic (exact) mass is 204 g/mol. The average molecular weight is 204 g/mol. The summed E-state index contributed by atoms with van der Waals surface area (Å²) < 4.78 is 0. The number of hydrogen-bond acceptors (Lipinski definition) is 2. The molecule has 1 heterocycles. The Labute approximate surface area is 89.9 Å². The number of benzene rings is 1. The summed E-state index contributed by atoms with van der Waals surface area (Å²) in [5.41, 5.74) is 9.29. The Morgan fingerprint density at radius 1 is 1.53 bits per heavy atom. The minimum Gasteiger partial charge on any atom is -0.323 e. The number of carbonyl (C=O) groups is 1. The van der Waals surface area contributed by atoms with Gasteiger partial charge in [-0.3, -0.25) is 4.79 Å². The molecule has 1 aliphatic heterocycles. The van der Waals surface area contributed by atoms with Crippen molar-refractivity contribution in [3.8, 4) is 0 Å². The van der Waals surface area contributed by atoms with Crippen LogP contribution in [0.15, 0.2) is 18.2 Å². The van der Waals surface area contributed by atoms with E-state index in [1.54, 1.807) is 11.9 Å². The predicted octanol–water partition coefficient (Wildman–Crippen LogP) is 1.62. The van der Waals surface area contributed by atoms with Gasteiger partial charge >= 0.3 is 0 Å². The van der Waals surface area contributed by atoms with Gasteiger partial charge in [-0.25, -0.2) is 0 Å². The zero-order valence-electron chi connectivity index (χ0n) is 9.16. The number of nitrogens with two attached hydrogens (primary N) is 1. The number of fused-ring (bicyclic) bond motifs is 1. The maximum absolute atomic E-state index is 11.6. The summed E-state index contributed by atoms with van der Waals surface area (Å²) >= 11 is 0. The van der Waals surface area contributed by atoms with Crippen molar-refractivity contribution in [2.24, 2.45) is 5.73 Å². The summed E-state index contributed by atoms with van der Waals surface area (Å²) in [5.74, 6) is 0.0965. The fourth-order valence-corrected chi connectivity index (χ4v) is 2.00. The smallest absolute Gasteiger partial charge is 0.228 e. The average Bonchev–Trinajstić information content (AvgIpc) is 2.25. The molecule has 15 heavy (non-hydrogen) atoms. The molecule has 0 saturated carbocycles.